The summed E-state index contributed by atoms with van der Waals surface area (Å²) in [4.78, 5) is 0. The molecule has 0 bridgehead atoms. The lowest BCUT2D eigenvalue weighted by Crippen LogP contribution is -1.94. The minimum Gasteiger partial charge on any atom is -0.492 e. The third-order valence-corrected chi connectivity index (χ3v) is 1.23. The molecule has 0 amide bonds. The summed E-state index contributed by atoms with van der Waals surface area (Å²) in [5.74, 6) is 0.519. The third-order valence-electron chi connectivity index (χ3n) is 1.23. The first-order valence-electron chi connectivity index (χ1n) is 2.75. The van der Waals surface area contributed by atoms with Crippen molar-refractivity contribution < 1.29 is 4.74 Å². The summed E-state index contributed by atoms with van der Waals surface area (Å²) in [5.41, 5.74) is 0.447. The topological polar surface area (TPSA) is 50.8 Å². The summed E-state index contributed by atoms with van der Waals surface area (Å²) >= 11 is 0. The average molecular weight is 137 g/mol. The van der Waals surface area contributed by atoms with Gasteiger partial charge in [0.1, 0.15) is 6.07 Å². The summed E-state index contributed by atoms with van der Waals surface area (Å²) in [7, 11) is 3.21. The van der Waals surface area contributed by atoms with Crippen LogP contribution in [0.4, 0.5) is 0 Å². The van der Waals surface area contributed by atoms with E-state index >= 15 is 0 Å². The van der Waals surface area contributed by atoms with Crippen LogP contribution in [-0.4, -0.2) is 16.9 Å². The highest BCUT2D eigenvalue weighted by Crippen LogP contribution is 2.13. The number of nitrogens with zero attached hydrogens (tertiary/aromatic N) is 3. The standard InChI is InChI=1S/C6H7N3O/c1-9-5(3-7)6(10-2)4-8-9/h4H,1-2H3. The molecule has 0 aliphatic rings. The third kappa shape index (κ3) is 0.818. The number of hydrogen-bond donors (Lipinski definition) is 0. The molecule has 0 aliphatic heterocycles. The summed E-state index contributed by atoms with van der Waals surface area (Å²) in [5, 5.41) is 12.4. The normalized spacial score (nSPS) is 8.90. The van der Waals surface area contributed by atoms with E-state index in [4.69, 9.17) is 10.00 Å². The quantitative estimate of drug-likeness (QED) is 0.559. The Morgan fingerprint density at radius 2 is 2.50 bits per heavy atom. The Balaban J connectivity index is 3.17. The van der Waals surface area contributed by atoms with E-state index in [1.165, 1.54) is 18.0 Å². The van der Waals surface area contributed by atoms with Crippen molar-refractivity contribution in [2.75, 3.05) is 7.11 Å². The first-order valence-corrected chi connectivity index (χ1v) is 2.75. The minimum absolute atomic E-state index is 0.447. The van der Waals surface area contributed by atoms with Crippen LogP contribution in [0.3, 0.4) is 0 Å². The van der Waals surface area contributed by atoms with Crippen LogP contribution < -0.4 is 4.74 Å². The fraction of sp³-hybridized carbons (Fsp3) is 0.333. The highest BCUT2D eigenvalue weighted by Gasteiger charge is 2.05. The van der Waals surface area contributed by atoms with Crippen LogP contribution in [0.2, 0.25) is 0 Å². The molecule has 52 valence electrons. The lowest BCUT2D eigenvalue weighted by Gasteiger charge is -1.93. The van der Waals surface area contributed by atoms with E-state index in [9.17, 15) is 0 Å². The Hall–Kier alpha value is -1.50. The average Bonchev–Trinajstić information content (AvgIpc) is 2.30. The van der Waals surface area contributed by atoms with Crippen molar-refractivity contribution in [3.63, 3.8) is 0 Å². The van der Waals surface area contributed by atoms with E-state index in [-0.39, 0.29) is 0 Å². The van der Waals surface area contributed by atoms with Crippen LogP contribution in [-0.2, 0) is 7.05 Å². The zero-order chi connectivity index (χ0) is 7.56. The van der Waals surface area contributed by atoms with E-state index in [2.05, 4.69) is 5.10 Å². The van der Waals surface area contributed by atoms with E-state index < -0.39 is 0 Å². The molecule has 4 nitrogen and oxygen atoms in total. The van der Waals surface area contributed by atoms with Crippen LogP contribution >= 0.6 is 0 Å². The van der Waals surface area contributed by atoms with Gasteiger partial charge in [0, 0.05) is 7.05 Å². The van der Waals surface area contributed by atoms with Gasteiger partial charge < -0.3 is 4.74 Å². The zero-order valence-corrected chi connectivity index (χ0v) is 5.83. The number of aryl methyl sites for hydroxylation is 1. The van der Waals surface area contributed by atoms with E-state index in [0.717, 1.165) is 0 Å². The van der Waals surface area contributed by atoms with Gasteiger partial charge >= 0.3 is 0 Å². The molecule has 1 heterocycles. The van der Waals surface area contributed by atoms with Gasteiger partial charge in [-0.05, 0) is 0 Å². The molecule has 0 aliphatic carbocycles. The molecule has 10 heavy (non-hydrogen) atoms. The van der Waals surface area contributed by atoms with Crippen molar-refractivity contribution >= 4 is 0 Å². The maximum Gasteiger partial charge on any atom is 0.180 e. The lowest BCUT2D eigenvalue weighted by atomic mass is 10.4. The predicted molar refractivity (Wildman–Crippen MR) is 34.5 cm³/mol. The van der Waals surface area contributed by atoms with Crippen molar-refractivity contribution in [2.24, 2.45) is 7.05 Å². The van der Waals surface area contributed by atoms with Gasteiger partial charge in [-0.3, -0.25) is 4.68 Å². The number of hydrogen-bond acceptors (Lipinski definition) is 3. The number of ether oxygens (including phenoxy) is 1. The first-order chi connectivity index (χ1) is 4.79. The van der Waals surface area contributed by atoms with E-state index in [0.29, 0.717) is 11.4 Å². The molecule has 0 spiro atoms. The second kappa shape index (κ2) is 2.40. The lowest BCUT2D eigenvalue weighted by molar-refractivity contribution is 0.413. The van der Waals surface area contributed by atoms with Gasteiger partial charge in [-0.15, -0.1) is 0 Å². The van der Waals surface area contributed by atoms with Crippen LogP contribution in [0.25, 0.3) is 0 Å². The zero-order valence-electron chi connectivity index (χ0n) is 5.83. The first kappa shape index (κ1) is 6.62. The molecule has 1 rings (SSSR count). The Morgan fingerprint density at radius 1 is 1.80 bits per heavy atom. The molecule has 0 unspecified atom stereocenters. The molecule has 0 aromatic carbocycles. The minimum atomic E-state index is 0.447. The Labute approximate surface area is 58.6 Å². The molecule has 0 atom stereocenters. The molecule has 0 saturated heterocycles. The predicted octanol–water partition coefficient (Wildman–Crippen LogP) is 0.300. The molecular weight excluding hydrogens is 130 g/mol. The molecule has 1 aromatic heterocycles. The van der Waals surface area contributed by atoms with E-state index in [1.54, 1.807) is 7.05 Å². The second-order valence-corrected chi connectivity index (χ2v) is 1.80. The van der Waals surface area contributed by atoms with Gasteiger partial charge in [-0.2, -0.15) is 10.4 Å². The van der Waals surface area contributed by atoms with Gasteiger partial charge in [0.25, 0.3) is 0 Å². The fourth-order valence-corrected chi connectivity index (χ4v) is 0.694. The van der Waals surface area contributed by atoms with Crippen LogP contribution in [0.1, 0.15) is 5.69 Å². The molecule has 4 heteroatoms. The maximum atomic E-state index is 8.53. The molecule has 0 N–H and O–H groups in total. The molecular formula is C6H7N3O. The van der Waals surface area contributed by atoms with Crippen molar-refractivity contribution in [3.05, 3.63) is 11.9 Å². The molecule has 0 radical (unpaired) electrons. The van der Waals surface area contributed by atoms with Gasteiger partial charge in [-0.1, -0.05) is 0 Å². The number of rotatable bonds is 1. The monoisotopic (exact) mass is 137 g/mol. The Bertz CT molecular complexity index is 271. The molecule has 0 saturated carbocycles. The van der Waals surface area contributed by atoms with Gasteiger partial charge in [0.15, 0.2) is 11.4 Å². The fourth-order valence-electron chi connectivity index (χ4n) is 0.694. The highest BCUT2D eigenvalue weighted by atomic mass is 16.5. The highest BCUT2D eigenvalue weighted by molar-refractivity contribution is 5.35. The van der Waals surface area contributed by atoms with Crippen molar-refractivity contribution in [1.82, 2.24) is 9.78 Å². The van der Waals surface area contributed by atoms with Crippen LogP contribution in [0.5, 0.6) is 5.75 Å². The molecule has 0 fully saturated rings. The molecule has 1 aromatic rings. The summed E-state index contributed by atoms with van der Waals surface area (Å²) in [6.45, 7) is 0. The van der Waals surface area contributed by atoms with Crippen LogP contribution in [0.15, 0.2) is 6.20 Å². The Morgan fingerprint density at radius 3 is 2.90 bits per heavy atom. The summed E-state index contributed by atoms with van der Waals surface area (Å²) in [6.07, 6.45) is 1.51. The smallest absolute Gasteiger partial charge is 0.180 e. The summed E-state index contributed by atoms with van der Waals surface area (Å²) in [6, 6.07) is 1.97. The number of nitriles is 1. The van der Waals surface area contributed by atoms with Crippen LogP contribution in [0, 0.1) is 11.3 Å². The second-order valence-electron chi connectivity index (χ2n) is 1.80. The van der Waals surface area contributed by atoms with E-state index in [1.807, 2.05) is 6.07 Å². The van der Waals surface area contributed by atoms with Gasteiger partial charge in [0.2, 0.25) is 0 Å². The largest absolute Gasteiger partial charge is 0.492 e. The van der Waals surface area contributed by atoms with Crippen molar-refractivity contribution in [2.45, 2.75) is 0 Å². The van der Waals surface area contributed by atoms with Crippen molar-refractivity contribution in [1.29, 1.82) is 5.26 Å². The number of methoxy groups -OCH3 is 1. The SMILES string of the molecule is COc1cnn(C)c1C#N. The summed E-state index contributed by atoms with van der Waals surface area (Å²) < 4.78 is 6.32. The maximum absolute atomic E-state index is 8.53. The van der Waals surface area contributed by atoms with Gasteiger partial charge in [0.05, 0.1) is 13.3 Å². The Kier molecular flexibility index (Phi) is 1.59. The van der Waals surface area contributed by atoms with Gasteiger partial charge in [-0.25, -0.2) is 0 Å². The number of aromatic nitrogens is 2. The van der Waals surface area contributed by atoms with Crippen molar-refractivity contribution in [3.8, 4) is 11.8 Å².